The lowest BCUT2D eigenvalue weighted by molar-refractivity contribution is -0.132. The van der Waals surface area contributed by atoms with E-state index in [-0.39, 0.29) is 12.5 Å². The van der Waals surface area contributed by atoms with Crippen LogP contribution in [-0.2, 0) is 16.1 Å². The van der Waals surface area contributed by atoms with E-state index < -0.39 is 23.8 Å². The van der Waals surface area contributed by atoms with Crippen LogP contribution < -0.4 is 25.0 Å². The van der Waals surface area contributed by atoms with Crippen molar-refractivity contribution in [2.24, 2.45) is 5.92 Å². The first kappa shape index (κ1) is 18.8. The third kappa shape index (κ3) is 3.62. The van der Waals surface area contributed by atoms with Crippen molar-refractivity contribution in [3.05, 3.63) is 65.3 Å². The molecule has 0 aromatic heterocycles. The van der Waals surface area contributed by atoms with Crippen molar-refractivity contribution in [3.63, 3.8) is 0 Å². The molecule has 8 nitrogen and oxygen atoms in total. The number of hydrogen-bond acceptors (Lipinski definition) is 6. The molecular formula is C20H16ClN3O5. The van der Waals surface area contributed by atoms with Gasteiger partial charge in [0.25, 0.3) is 5.91 Å². The molecule has 2 heterocycles. The van der Waals surface area contributed by atoms with Gasteiger partial charge in [0.05, 0.1) is 5.69 Å². The number of anilines is 1. The number of rotatable bonds is 5. The normalized spacial score (nSPS) is 17.9. The maximum atomic E-state index is 12.9. The molecule has 148 valence electrons. The number of amides is 4. The number of urea groups is 1. The van der Waals surface area contributed by atoms with Gasteiger partial charge in [-0.1, -0.05) is 24.2 Å². The monoisotopic (exact) mass is 413 g/mol. The van der Waals surface area contributed by atoms with Crippen molar-refractivity contribution >= 4 is 35.1 Å². The van der Waals surface area contributed by atoms with Gasteiger partial charge in [-0.25, -0.2) is 9.69 Å². The molecule has 2 aliphatic heterocycles. The average molecular weight is 414 g/mol. The second-order valence-electron chi connectivity index (χ2n) is 6.44. The lowest BCUT2D eigenvalue weighted by Crippen LogP contribution is -2.59. The summed E-state index contributed by atoms with van der Waals surface area (Å²) in [6, 6.07) is 10.7. The predicted molar refractivity (Wildman–Crippen MR) is 105 cm³/mol. The van der Waals surface area contributed by atoms with E-state index in [1.807, 2.05) is 6.07 Å². The maximum absolute atomic E-state index is 12.9. The lowest BCUT2D eigenvalue weighted by Gasteiger charge is -2.31. The van der Waals surface area contributed by atoms with Crippen LogP contribution in [0.4, 0.5) is 10.5 Å². The Labute approximate surface area is 171 Å². The first-order chi connectivity index (χ1) is 13.9. The topological polar surface area (TPSA) is 97.0 Å². The Bertz CT molecular complexity index is 1020. The molecule has 4 amide bonds. The number of benzene rings is 2. The second-order valence-corrected chi connectivity index (χ2v) is 6.88. The van der Waals surface area contributed by atoms with E-state index in [0.29, 0.717) is 28.8 Å². The largest absolute Gasteiger partial charge is 0.454 e. The highest BCUT2D eigenvalue weighted by atomic mass is 35.5. The van der Waals surface area contributed by atoms with Crippen LogP contribution in [-0.4, -0.2) is 24.6 Å². The summed E-state index contributed by atoms with van der Waals surface area (Å²) in [6.45, 7) is 4.30. The number of barbiturate groups is 1. The second kappa shape index (κ2) is 7.48. The SMILES string of the molecule is C=C(NCc1ccc2c(c1)OCO2)C1C(=O)NC(=O)N(c2ccc(Cl)cc2)C1=O. The van der Waals surface area contributed by atoms with Crippen molar-refractivity contribution in [2.75, 3.05) is 11.7 Å². The lowest BCUT2D eigenvalue weighted by atomic mass is 10.0. The number of nitrogens with one attached hydrogen (secondary N) is 2. The van der Waals surface area contributed by atoms with Crippen LogP contribution in [0.1, 0.15) is 5.56 Å². The number of ether oxygens (including phenoxy) is 2. The Kier molecular flexibility index (Phi) is 4.85. The molecule has 0 spiro atoms. The standard InChI is InChI=1S/C20H16ClN3O5/c1-11(22-9-12-2-7-15-16(8-12)29-10-28-15)17-18(25)23-20(27)24(19(17)26)14-5-3-13(21)4-6-14/h2-8,17,22H,1,9-10H2,(H,23,25,27). The number of imide groups is 2. The van der Waals surface area contributed by atoms with Crippen molar-refractivity contribution < 1.29 is 23.9 Å². The van der Waals surface area contributed by atoms with E-state index in [9.17, 15) is 14.4 Å². The maximum Gasteiger partial charge on any atom is 0.335 e. The molecule has 29 heavy (non-hydrogen) atoms. The highest BCUT2D eigenvalue weighted by Crippen LogP contribution is 2.32. The summed E-state index contributed by atoms with van der Waals surface area (Å²) < 4.78 is 10.6. The Morgan fingerprint density at radius 1 is 1.14 bits per heavy atom. The minimum absolute atomic E-state index is 0.171. The fourth-order valence-corrected chi connectivity index (χ4v) is 3.21. The van der Waals surface area contributed by atoms with Gasteiger partial charge >= 0.3 is 6.03 Å². The third-order valence-electron chi connectivity index (χ3n) is 4.55. The van der Waals surface area contributed by atoms with Gasteiger partial charge < -0.3 is 14.8 Å². The van der Waals surface area contributed by atoms with Crippen LogP contribution in [0.3, 0.4) is 0 Å². The minimum Gasteiger partial charge on any atom is -0.454 e. The van der Waals surface area contributed by atoms with Crippen LogP contribution in [0.15, 0.2) is 54.7 Å². The number of fused-ring (bicyclic) bond motifs is 1. The quantitative estimate of drug-likeness (QED) is 0.731. The van der Waals surface area contributed by atoms with E-state index >= 15 is 0 Å². The third-order valence-corrected chi connectivity index (χ3v) is 4.80. The van der Waals surface area contributed by atoms with Gasteiger partial charge in [-0.2, -0.15) is 0 Å². The molecular weight excluding hydrogens is 398 g/mol. The van der Waals surface area contributed by atoms with Gasteiger partial charge in [-0.3, -0.25) is 14.9 Å². The highest BCUT2D eigenvalue weighted by Gasteiger charge is 2.42. The zero-order valence-corrected chi connectivity index (χ0v) is 15.9. The fourth-order valence-electron chi connectivity index (χ4n) is 3.09. The summed E-state index contributed by atoms with van der Waals surface area (Å²) >= 11 is 5.86. The molecule has 1 fully saturated rings. The molecule has 2 aromatic rings. The molecule has 0 bridgehead atoms. The Morgan fingerprint density at radius 3 is 2.62 bits per heavy atom. The zero-order valence-electron chi connectivity index (χ0n) is 15.1. The molecule has 1 saturated heterocycles. The van der Waals surface area contributed by atoms with Gasteiger partial charge in [-0.05, 0) is 42.0 Å². The minimum atomic E-state index is -1.25. The highest BCUT2D eigenvalue weighted by molar-refractivity contribution is 6.31. The summed E-state index contributed by atoms with van der Waals surface area (Å²) in [5, 5.41) is 5.64. The molecule has 2 aromatic carbocycles. The number of carbonyl (C=O) groups is 3. The molecule has 4 rings (SSSR count). The Balaban J connectivity index is 1.49. The number of nitrogens with zero attached hydrogens (tertiary/aromatic N) is 1. The predicted octanol–water partition coefficient (Wildman–Crippen LogP) is 2.57. The first-order valence-electron chi connectivity index (χ1n) is 8.69. The van der Waals surface area contributed by atoms with Crippen LogP contribution in [0, 0.1) is 5.92 Å². The molecule has 9 heteroatoms. The molecule has 0 radical (unpaired) electrons. The summed E-state index contributed by atoms with van der Waals surface area (Å²) in [5.41, 5.74) is 1.33. The average Bonchev–Trinajstić information content (AvgIpc) is 3.15. The summed E-state index contributed by atoms with van der Waals surface area (Å²) in [6.07, 6.45) is 0. The Hall–Kier alpha value is -3.52. The van der Waals surface area contributed by atoms with E-state index in [4.69, 9.17) is 21.1 Å². The van der Waals surface area contributed by atoms with E-state index in [1.54, 1.807) is 24.3 Å². The van der Waals surface area contributed by atoms with Crippen molar-refractivity contribution in [3.8, 4) is 11.5 Å². The first-order valence-corrected chi connectivity index (χ1v) is 9.07. The van der Waals surface area contributed by atoms with Crippen molar-refractivity contribution in [2.45, 2.75) is 6.54 Å². The molecule has 0 aliphatic carbocycles. The van der Waals surface area contributed by atoms with E-state index in [2.05, 4.69) is 17.2 Å². The van der Waals surface area contributed by atoms with E-state index in [0.717, 1.165) is 10.5 Å². The molecule has 2 aliphatic rings. The summed E-state index contributed by atoms with van der Waals surface area (Å²) in [7, 11) is 0. The van der Waals surface area contributed by atoms with Gasteiger partial charge in [0.1, 0.15) is 0 Å². The molecule has 1 unspecified atom stereocenters. The number of halogens is 1. The Morgan fingerprint density at radius 2 is 1.86 bits per heavy atom. The smallest absolute Gasteiger partial charge is 0.335 e. The van der Waals surface area contributed by atoms with Gasteiger partial charge in [0, 0.05) is 17.3 Å². The number of hydrogen-bond donors (Lipinski definition) is 2. The van der Waals surface area contributed by atoms with Crippen molar-refractivity contribution in [1.29, 1.82) is 0 Å². The fraction of sp³-hybridized carbons (Fsp3) is 0.150. The summed E-state index contributed by atoms with van der Waals surface area (Å²) in [4.78, 5) is 38.3. The summed E-state index contributed by atoms with van der Waals surface area (Å²) in [5.74, 6) is -1.39. The molecule has 1 atom stereocenters. The van der Waals surface area contributed by atoms with Gasteiger partial charge in [0.2, 0.25) is 12.7 Å². The van der Waals surface area contributed by atoms with Gasteiger partial charge in [-0.15, -0.1) is 0 Å². The molecule has 2 N–H and O–H groups in total. The number of carbonyl (C=O) groups excluding carboxylic acids is 3. The van der Waals surface area contributed by atoms with Crippen molar-refractivity contribution in [1.82, 2.24) is 10.6 Å². The van der Waals surface area contributed by atoms with Crippen LogP contribution in [0.5, 0.6) is 11.5 Å². The zero-order chi connectivity index (χ0) is 20.5. The van der Waals surface area contributed by atoms with E-state index in [1.165, 1.54) is 12.1 Å². The molecule has 0 saturated carbocycles. The van der Waals surface area contributed by atoms with Crippen LogP contribution in [0.2, 0.25) is 5.02 Å². The van der Waals surface area contributed by atoms with Crippen LogP contribution >= 0.6 is 11.6 Å². The van der Waals surface area contributed by atoms with Gasteiger partial charge in [0.15, 0.2) is 17.4 Å². The van der Waals surface area contributed by atoms with Crippen LogP contribution in [0.25, 0.3) is 0 Å².